The van der Waals surface area contributed by atoms with Crippen LogP contribution >= 0.6 is 0 Å². The van der Waals surface area contributed by atoms with Crippen LogP contribution < -0.4 is 0 Å². The number of benzene rings is 3. The first-order chi connectivity index (χ1) is 10.9. The predicted molar refractivity (Wildman–Crippen MR) is 124 cm³/mol. The van der Waals surface area contributed by atoms with Crippen LogP contribution in [0.15, 0.2) is 84.9 Å². The summed E-state index contributed by atoms with van der Waals surface area (Å²) in [6, 6.07) is 29.3. The third-order valence-electron chi connectivity index (χ3n) is 3.47. The summed E-state index contributed by atoms with van der Waals surface area (Å²) in [5, 5.41) is 0. The quantitative estimate of drug-likeness (QED) is 0.415. The summed E-state index contributed by atoms with van der Waals surface area (Å²) < 4.78 is 0. The maximum Gasteiger partial charge on any atom is -0.0256 e. The SMILES string of the molecule is C.C.C.C.C(=Cc1ccc(C=Cc2ccccc2)cc1)c1ccccc1. The minimum absolute atomic E-state index is 0. The maximum absolute atomic E-state index is 2.14. The lowest BCUT2D eigenvalue weighted by Crippen LogP contribution is -1.75. The van der Waals surface area contributed by atoms with Crippen molar-refractivity contribution in [2.75, 3.05) is 0 Å². The van der Waals surface area contributed by atoms with Gasteiger partial charge in [0.2, 0.25) is 0 Å². The molecule has 0 N–H and O–H groups in total. The highest BCUT2D eigenvalue weighted by molar-refractivity contribution is 5.72. The molecular formula is C26H34. The fourth-order valence-corrected chi connectivity index (χ4v) is 2.23. The lowest BCUT2D eigenvalue weighted by molar-refractivity contribution is 1.61. The first-order valence-electron chi connectivity index (χ1n) is 7.46. The van der Waals surface area contributed by atoms with Gasteiger partial charge in [-0.25, -0.2) is 0 Å². The Balaban J connectivity index is 0. The maximum atomic E-state index is 2.14. The highest BCUT2D eigenvalue weighted by Gasteiger charge is 1.90. The molecule has 26 heavy (non-hydrogen) atoms. The smallest absolute Gasteiger partial charge is 0.0256 e. The van der Waals surface area contributed by atoms with Crippen molar-refractivity contribution in [3.05, 3.63) is 107 Å². The molecule has 3 aromatic carbocycles. The van der Waals surface area contributed by atoms with E-state index in [9.17, 15) is 0 Å². The summed E-state index contributed by atoms with van der Waals surface area (Å²) in [5.74, 6) is 0. The summed E-state index contributed by atoms with van der Waals surface area (Å²) in [4.78, 5) is 0. The van der Waals surface area contributed by atoms with Gasteiger partial charge in [-0.05, 0) is 22.3 Å². The molecule has 3 aromatic rings. The standard InChI is InChI=1S/C22H18.4CH4/c1-3-7-19(8-4-1)11-13-21-15-17-22(18-16-21)14-12-20-9-5-2-6-10-20;;;;/h1-18H;4*1H4. The molecule has 138 valence electrons. The van der Waals surface area contributed by atoms with Gasteiger partial charge < -0.3 is 0 Å². The van der Waals surface area contributed by atoms with Gasteiger partial charge in [0.1, 0.15) is 0 Å². The zero-order chi connectivity index (χ0) is 15.0. The minimum atomic E-state index is 0. The lowest BCUT2D eigenvalue weighted by atomic mass is 10.1. The topological polar surface area (TPSA) is 0 Å². The normalized spacial score (nSPS) is 9.54. The van der Waals surface area contributed by atoms with Crippen LogP contribution in [0, 0.1) is 0 Å². The molecule has 0 unspecified atom stereocenters. The van der Waals surface area contributed by atoms with Crippen molar-refractivity contribution < 1.29 is 0 Å². The van der Waals surface area contributed by atoms with E-state index in [-0.39, 0.29) is 29.7 Å². The zero-order valence-corrected chi connectivity index (χ0v) is 12.4. The van der Waals surface area contributed by atoms with Crippen molar-refractivity contribution in [2.45, 2.75) is 29.7 Å². The molecule has 0 radical (unpaired) electrons. The van der Waals surface area contributed by atoms with Gasteiger partial charge in [0, 0.05) is 0 Å². The molecular weight excluding hydrogens is 312 g/mol. The second-order valence-electron chi connectivity index (χ2n) is 5.15. The summed E-state index contributed by atoms with van der Waals surface area (Å²) >= 11 is 0. The van der Waals surface area contributed by atoms with Crippen molar-refractivity contribution in [1.29, 1.82) is 0 Å². The van der Waals surface area contributed by atoms with Gasteiger partial charge in [-0.1, -0.05) is 139 Å². The molecule has 0 aliphatic heterocycles. The van der Waals surface area contributed by atoms with E-state index >= 15 is 0 Å². The van der Waals surface area contributed by atoms with Crippen LogP contribution in [-0.2, 0) is 0 Å². The van der Waals surface area contributed by atoms with Crippen LogP contribution in [0.4, 0.5) is 0 Å². The summed E-state index contributed by atoms with van der Waals surface area (Å²) in [6.07, 6.45) is 8.55. The van der Waals surface area contributed by atoms with E-state index in [2.05, 4.69) is 97.1 Å². The van der Waals surface area contributed by atoms with Gasteiger partial charge in [0.05, 0.1) is 0 Å². The Kier molecular flexibility index (Phi) is 13.1. The molecule has 0 nitrogen and oxygen atoms in total. The van der Waals surface area contributed by atoms with Crippen LogP contribution in [0.2, 0.25) is 0 Å². The number of hydrogen-bond acceptors (Lipinski definition) is 0. The molecule has 0 aliphatic rings. The van der Waals surface area contributed by atoms with Gasteiger partial charge in [0.25, 0.3) is 0 Å². The summed E-state index contributed by atoms with van der Waals surface area (Å²) in [7, 11) is 0. The second kappa shape index (κ2) is 13.4. The van der Waals surface area contributed by atoms with E-state index in [1.54, 1.807) is 0 Å². The molecule has 3 rings (SSSR count). The highest BCUT2D eigenvalue weighted by atomic mass is 14.0. The van der Waals surface area contributed by atoms with E-state index < -0.39 is 0 Å². The Hall–Kier alpha value is -2.86. The van der Waals surface area contributed by atoms with Crippen LogP contribution in [0.3, 0.4) is 0 Å². The molecule has 0 saturated carbocycles. The van der Waals surface area contributed by atoms with Crippen molar-refractivity contribution in [2.24, 2.45) is 0 Å². The van der Waals surface area contributed by atoms with Crippen LogP contribution in [-0.4, -0.2) is 0 Å². The molecule has 0 amide bonds. The Bertz CT molecular complexity index is 680. The average molecular weight is 347 g/mol. The fraction of sp³-hybridized carbons (Fsp3) is 0.154. The van der Waals surface area contributed by atoms with Gasteiger partial charge in [-0.2, -0.15) is 0 Å². The summed E-state index contributed by atoms with van der Waals surface area (Å²) in [6.45, 7) is 0. The zero-order valence-electron chi connectivity index (χ0n) is 12.4. The molecule has 0 atom stereocenters. The predicted octanol–water partition coefficient (Wildman–Crippen LogP) is 8.57. The Morgan fingerprint density at radius 1 is 0.308 bits per heavy atom. The van der Waals surface area contributed by atoms with Gasteiger partial charge in [0.15, 0.2) is 0 Å². The van der Waals surface area contributed by atoms with Crippen molar-refractivity contribution in [3.8, 4) is 0 Å². The first kappa shape index (κ1) is 25.4. The number of hydrogen-bond donors (Lipinski definition) is 0. The number of rotatable bonds is 4. The third kappa shape index (κ3) is 7.81. The van der Waals surface area contributed by atoms with Crippen LogP contribution in [0.1, 0.15) is 52.0 Å². The Morgan fingerprint density at radius 2 is 0.538 bits per heavy atom. The van der Waals surface area contributed by atoms with Crippen LogP contribution in [0.25, 0.3) is 24.3 Å². The summed E-state index contributed by atoms with van der Waals surface area (Å²) in [5.41, 5.74) is 4.85. The highest BCUT2D eigenvalue weighted by Crippen LogP contribution is 2.12. The second-order valence-corrected chi connectivity index (χ2v) is 5.15. The van der Waals surface area contributed by atoms with Crippen molar-refractivity contribution in [3.63, 3.8) is 0 Å². The minimum Gasteiger partial charge on any atom is -0.0776 e. The molecule has 0 aliphatic carbocycles. The average Bonchev–Trinajstić information content (AvgIpc) is 2.61. The molecule has 0 spiro atoms. The van der Waals surface area contributed by atoms with E-state index in [1.807, 2.05) is 12.1 Å². The monoisotopic (exact) mass is 346 g/mol. The van der Waals surface area contributed by atoms with Gasteiger partial charge >= 0.3 is 0 Å². The van der Waals surface area contributed by atoms with Crippen molar-refractivity contribution >= 4 is 24.3 Å². The van der Waals surface area contributed by atoms with Gasteiger partial charge in [-0.3, -0.25) is 0 Å². The Labute approximate surface area is 161 Å². The molecule has 0 aromatic heterocycles. The van der Waals surface area contributed by atoms with E-state index in [0.717, 1.165) is 0 Å². The lowest BCUT2D eigenvalue weighted by Gasteiger charge is -1.97. The largest absolute Gasteiger partial charge is 0.0776 e. The first-order valence-corrected chi connectivity index (χ1v) is 7.46. The van der Waals surface area contributed by atoms with Crippen molar-refractivity contribution in [1.82, 2.24) is 0 Å². The molecule has 0 heteroatoms. The van der Waals surface area contributed by atoms with Crippen LogP contribution in [0.5, 0.6) is 0 Å². The molecule has 0 fully saturated rings. The molecule has 0 heterocycles. The van der Waals surface area contributed by atoms with E-state index in [4.69, 9.17) is 0 Å². The van der Waals surface area contributed by atoms with Gasteiger partial charge in [-0.15, -0.1) is 0 Å². The molecule has 0 saturated heterocycles. The van der Waals surface area contributed by atoms with E-state index in [0.29, 0.717) is 0 Å². The fourth-order valence-electron chi connectivity index (χ4n) is 2.23. The molecule has 0 bridgehead atoms. The Morgan fingerprint density at radius 3 is 0.808 bits per heavy atom. The van der Waals surface area contributed by atoms with E-state index in [1.165, 1.54) is 22.3 Å². The third-order valence-corrected chi connectivity index (χ3v) is 3.47.